The van der Waals surface area contributed by atoms with E-state index in [1.165, 1.54) is 0 Å². The summed E-state index contributed by atoms with van der Waals surface area (Å²) in [6.45, 7) is 4.61. The fraction of sp³-hybridized carbons (Fsp3) is 0.278. The first kappa shape index (κ1) is 16.0. The molecule has 2 atom stereocenters. The lowest BCUT2D eigenvalue weighted by Crippen LogP contribution is -2.35. The SMILES string of the molecule is CCOc1ccc([C@@H](C)N[C@@H](C(N)=O)c2ccccc2)cc1. The maximum Gasteiger partial charge on any atom is 0.239 e. The van der Waals surface area contributed by atoms with Crippen LogP contribution in [0.5, 0.6) is 5.75 Å². The summed E-state index contributed by atoms with van der Waals surface area (Å²) in [6, 6.07) is 16.8. The van der Waals surface area contributed by atoms with E-state index in [1.807, 2.05) is 68.4 Å². The minimum absolute atomic E-state index is 0.00613. The summed E-state index contributed by atoms with van der Waals surface area (Å²) in [5, 5.41) is 3.29. The Balaban J connectivity index is 2.11. The number of carbonyl (C=O) groups is 1. The van der Waals surface area contributed by atoms with E-state index < -0.39 is 6.04 Å². The summed E-state index contributed by atoms with van der Waals surface area (Å²) in [5.74, 6) is 0.456. The number of hydrogen-bond acceptors (Lipinski definition) is 3. The Morgan fingerprint density at radius 1 is 1.09 bits per heavy atom. The van der Waals surface area contributed by atoms with Crippen LogP contribution in [0.4, 0.5) is 0 Å². The summed E-state index contributed by atoms with van der Waals surface area (Å²) < 4.78 is 5.43. The molecular formula is C18H22N2O2. The van der Waals surface area contributed by atoms with Crippen LogP contribution in [0.15, 0.2) is 54.6 Å². The number of carbonyl (C=O) groups excluding carboxylic acids is 1. The number of amides is 1. The molecule has 4 nitrogen and oxygen atoms in total. The molecule has 0 saturated carbocycles. The molecule has 0 aromatic heterocycles. The van der Waals surface area contributed by atoms with Crippen molar-refractivity contribution in [3.63, 3.8) is 0 Å². The molecule has 0 unspecified atom stereocenters. The smallest absolute Gasteiger partial charge is 0.239 e. The number of rotatable bonds is 7. The van der Waals surface area contributed by atoms with Gasteiger partial charge in [-0.3, -0.25) is 10.1 Å². The Kier molecular flexibility index (Phi) is 5.55. The van der Waals surface area contributed by atoms with Gasteiger partial charge in [-0.05, 0) is 37.1 Å². The zero-order valence-corrected chi connectivity index (χ0v) is 13.0. The van der Waals surface area contributed by atoms with Crippen LogP contribution in [0, 0.1) is 0 Å². The second kappa shape index (κ2) is 7.61. The lowest BCUT2D eigenvalue weighted by Gasteiger charge is -2.22. The zero-order chi connectivity index (χ0) is 15.9. The molecule has 0 saturated heterocycles. The second-order valence-corrected chi connectivity index (χ2v) is 5.14. The molecule has 22 heavy (non-hydrogen) atoms. The normalized spacial score (nSPS) is 13.4. The molecule has 116 valence electrons. The quantitative estimate of drug-likeness (QED) is 0.826. The zero-order valence-electron chi connectivity index (χ0n) is 13.0. The summed E-state index contributed by atoms with van der Waals surface area (Å²) >= 11 is 0. The Hall–Kier alpha value is -2.33. The highest BCUT2D eigenvalue weighted by molar-refractivity contribution is 5.81. The van der Waals surface area contributed by atoms with Gasteiger partial charge in [-0.15, -0.1) is 0 Å². The van der Waals surface area contributed by atoms with Gasteiger partial charge >= 0.3 is 0 Å². The van der Waals surface area contributed by atoms with Crippen LogP contribution in [0.2, 0.25) is 0 Å². The van der Waals surface area contributed by atoms with Gasteiger partial charge in [0.15, 0.2) is 0 Å². The highest BCUT2D eigenvalue weighted by Crippen LogP contribution is 2.21. The number of nitrogens with one attached hydrogen (secondary N) is 1. The molecule has 0 heterocycles. The van der Waals surface area contributed by atoms with E-state index in [4.69, 9.17) is 10.5 Å². The van der Waals surface area contributed by atoms with E-state index in [2.05, 4.69) is 5.32 Å². The van der Waals surface area contributed by atoms with Gasteiger partial charge in [-0.1, -0.05) is 42.5 Å². The van der Waals surface area contributed by atoms with Crippen molar-refractivity contribution in [2.24, 2.45) is 5.73 Å². The average Bonchev–Trinajstić information content (AvgIpc) is 2.54. The van der Waals surface area contributed by atoms with Crippen LogP contribution in [0.3, 0.4) is 0 Å². The van der Waals surface area contributed by atoms with E-state index in [-0.39, 0.29) is 11.9 Å². The first-order valence-corrected chi connectivity index (χ1v) is 7.45. The van der Waals surface area contributed by atoms with Crippen molar-refractivity contribution in [3.8, 4) is 5.75 Å². The summed E-state index contributed by atoms with van der Waals surface area (Å²) in [6.07, 6.45) is 0. The molecule has 0 aliphatic carbocycles. The number of primary amides is 1. The predicted octanol–water partition coefficient (Wildman–Crippen LogP) is 2.96. The third-order valence-corrected chi connectivity index (χ3v) is 3.53. The van der Waals surface area contributed by atoms with Crippen molar-refractivity contribution in [2.45, 2.75) is 25.9 Å². The first-order chi connectivity index (χ1) is 10.6. The van der Waals surface area contributed by atoms with E-state index in [9.17, 15) is 4.79 Å². The molecule has 2 rings (SSSR count). The van der Waals surface area contributed by atoms with Crippen LogP contribution in [0.1, 0.15) is 37.1 Å². The molecule has 0 bridgehead atoms. The number of nitrogens with two attached hydrogens (primary N) is 1. The van der Waals surface area contributed by atoms with Gasteiger partial charge in [0, 0.05) is 6.04 Å². The molecule has 2 aromatic carbocycles. The second-order valence-electron chi connectivity index (χ2n) is 5.14. The lowest BCUT2D eigenvalue weighted by molar-refractivity contribution is -0.120. The third-order valence-electron chi connectivity index (χ3n) is 3.53. The third kappa shape index (κ3) is 4.09. The van der Waals surface area contributed by atoms with Crippen molar-refractivity contribution >= 4 is 5.91 Å². The molecular weight excluding hydrogens is 276 g/mol. The summed E-state index contributed by atoms with van der Waals surface area (Å²) in [7, 11) is 0. The molecule has 2 aromatic rings. The van der Waals surface area contributed by atoms with Gasteiger partial charge in [0.05, 0.1) is 6.61 Å². The fourth-order valence-electron chi connectivity index (χ4n) is 2.35. The molecule has 0 fully saturated rings. The molecule has 0 aliphatic heterocycles. The number of ether oxygens (including phenoxy) is 1. The molecule has 1 amide bonds. The van der Waals surface area contributed by atoms with Crippen molar-refractivity contribution in [1.82, 2.24) is 5.32 Å². The van der Waals surface area contributed by atoms with Crippen molar-refractivity contribution in [3.05, 3.63) is 65.7 Å². The van der Waals surface area contributed by atoms with E-state index in [0.717, 1.165) is 16.9 Å². The van der Waals surface area contributed by atoms with E-state index >= 15 is 0 Å². The van der Waals surface area contributed by atoms with Crippen LogP contribution in [-0.2, 0) is 4.79 Å². The molecule has 0 radical (unpaired) electrons. The maximum atomic E-state index is 11.7. The Bertz CT molecular complexity index is 596. The van der Waals surface area contributed by atoms with Gasteiger partial charge in [0.25, 0.3) is 0 Å². The lowest BCUT2D eigenvalue weighted by atomic mass is 10.0. The minimum Gasteiger partial charge on any atom is -0.494 e. The number of hydrogen-bond donors (Lipinski definition) is 2. The van der Waals surface area contributed by atoms with Crippen LogP contribution in [0.25, 0.3) is 0 Å². The molecule has 3 N–H and O–H groups in total. The largest absolute Gasteiger partial charge is 0.494 e. The van der Waals surface area contributed by atoms with E-state index in [1.54, 1.807) is 0 Å². The molecule has 0 spiro atoms. The van der Waals surface area contributed by atoms with Gasteiger partial charge in [0.1, 0.15) is 11.8 Å². The predicted molar refractivity (Wildman–Crippen MR) is 87.5 cm³/mol. The summed E-state index contributed by atoms with van der Waals surface area (Å²) in [4.78, 5) is 11.7. The van der Waals surface area contributed by atoms with Gasteiger partial charge in [-0.25, -0.2) is 0 Å². The molecule has 0 aliphatic rings. The molecule has 4 heteroatoms. The van der Waals surface area contributed by atoms with Gasteiger partial charge < -0.3 is 10.5 Å². The van der Waals surface area contributed by atoms with E-state index in [0.29, 0.717) is 6.61 Å². The Morgan fingerprint density at radius 2 is 1.73 bits per heavy atom. The average molecular weight is 298 g/mol. The van der Waals surface area contributed by atoms with Crippen molar-refractivity contribution < 1.29 is 9.53 Å². The topological polar surface area (TPSA) is 64.3 Å². The van der Waals surface area contributed by atoms with Crippen LogP contribution >= 0.6 is 0 Å². The van der Waals surface area contributed by atoms with Gasteiger partial charge in [-0.2, -0.15) is 0 Å². The Labute approximate surface area is 131 Å². The standard InChI is InChI=1S/C18H22N2O2/c1-3-22-16-11-9-14(10-12-16)13(2)20-17(18(19)21)15-7-5-4-6-8-15/h4-13,17,20H,3H2,1-2H3,(H2,19,21)/t13-,17-/m1/s1. The maximum absolute atomic E-state index is 11.7. The fourth-order valence-corrected chi connectivity index (χ4v) is 2.35. The van der Waals surface area contributed by atoms with Crippen molar-refractivity contribution in [1.29, 1.82) is 0 Å². The highest BCUT2D eigenvalue weighted by Gasteiger charge is 2.20. The van der Waals surface area contributed by atoms with Gasteiger partial charge in [0.2, 0.25) is 5.91 Å². The summed E-state index contributed by atoms with van der Waals surface area (Å²) in [5.41, 5.74) is 7.48. The van der Waals surface area contributed by atoms with Crippen LogP contribution < -0.4 is 15.8 Å². The first-order valence-electron chi connectivity index (χ1n) is 7.45. The monoisotopic (exact) mass is 298 g/mol. The van der Waals surface area contributed by atoms with Crippen LogP contribution in [-0.4, -0.2) is 12.5 Å². The highest BCUT2D eigenvalue weighted by atomic mass is 16.5. The van der Waals surface area contributed by atoms with Crippen molar-refractivity contribution in [2.75, 3.05) is 6.61 Å². The number of benzene rings is 2. The Morgan fingerprint density at radius 3 is 2.27 bits per heavy atom. The minimum atomic E-state index is -0.511.